The number of hydrogen-bond acceptors (Lipinski definition) is 5. The van der Waals surface area contributed by atoms with Crippen molar-refractivity contribution >= 4 is 21.4 Å². The maximum Gasteiger partial charge on any atom is 0.275 e. The van der Waals surface area contributed by atoms with Crippen molar-refractivity contribution in [2.75, 3.05) is 5.32 Å². The van der Waals surface area contributed by atoms with Crippen LogP contribution in [-0.2, 0) is 6.54 Å². The summed E-state index contributed by atoms with van der Waals surface area (Å²) in [6.07, 6.45) is 1.51. The van der Waals surface area contributed by atoms with Crippen molar-refractivity contribution in [2.45, 2.75) is 41.2 Å². The summed E-state index contributed by atoms with van der Waals surface area (Å²) in [4.78, 5) is 16.5. The van der Waals surface area contributed by atoms with Gasteiger partial charge in [-0.2, -0.15) is 4.52 Å². The summed E-state index contributed by atoms with van der Waals surface area (Å²) in [5, 5.41) is 8.34. The second kappa shape index (κ2) is 5.77. The van der Waals surface area contributed by atoms with Gasteiger partial charge >= 0.3 is 0 Å². The molecule has 2 aromatic heterocycles. The van der Waals surface area contributed by atoms with Gasteiger partial charge in [0.25, 0.3) is 5.56 Å². The van der Waals surface area contributed by atoms with Gasteiger partial charge in [-0.25, -0.2) is 4.98 Å². The second-order valence-corrected chi connectivity index (χ2v) is 6.80. The fourth-order valence-corrected chi connectivity index (χ4v) is 3.59. The van der Waals surface area contributed by atoms with E-state index in [1.807, 2.05) is 0 Å². The molecule has 5 nitrogen and oxygen atoms in total. The van der Waals surface area contributed by atoms with E-state index in [0.29, 0.717) is 16.6 Å². The van der Waals surface area contributed by atoms with E-state index in [0.717, 1.165) is 0 Å². The van der Waals surface area contributed by atoms with E-state index in [1.165, 1.54) is 61.5 Å². The summed E-state index contributed by atoms with van der Waals surface area (Å²) in [7, 11) is 0. The third-order valence-electron chi connectivity index (χ3n) is 4.74. The van der Waals surface area contributed by atoms with Gasteiger partial charge in [0.05, 0.1) is 0 Å². The first kappa shape index (κ1) is 15.7. The maximum atomic E-state index is 11.7. The molecule has 3 aromatic rings. The molecule has 0 spiro atoms. The third-order valence-corrected chi connectivity index (χ3v) is 5.62. The summed E-state index contributed by atoms with van der Waals surface area (Å²) in [6.45, 7) is 11.5. The molecular formula is C17H20N4OS. The summed E-state index contributed by atoms with van der Waals surface area (Å²) in [5.74, 6) is 0. The van der Waals surface area contributed by atoms with Crippen molar-refractivity contribution in [3.05, 3.63) is 56.0 Å². The second-order valence-electron chi connectivity index (χ2n) is 5.84. The van der Waals surface area contributed by atoms with Gasteiger partial charge in [-0.05, 0) is 68.0 Å². The van der Waals surface area contributed by atoms with Crippen LogP contribution >= 0.6 is 11.3 Å². The standard InChI is InChI=1S/C17H20N4OS/c1-9-10(2)12(4)14(13(5)11(9)3)8-19-16-20-21-15(22)6-7-18-17(21)23-16/h6-7H,8H2,1-5H3,(H,19,20). The molecule has 0 radical (unpaired) electrons. The molecule has 3 rings (SSSR count). The minimum atomic E-state index is -0.159. The van der Waals surface area contributed by atoms with Crippen LogP contribution in [0, 0.1) is 34.6 Å². The molecule has 0 saturated carbocycles. The molecule has 1 N–H and O–H groups in total. The van der Waals surface area contributed by atoms with E-state index in [9.17, 15) is 4.79 Å². The molecule has 0 aliphatic heterocycles. The van der Waals surface area contributed by atoms with Crippen molar-refractivity contribution in [1.29, 1.82) is 0 Å². The lowest BCUT2D eigenvalue weighted by Gasteiger charge is -2.18. The zero-order chi connectivity index (χ0) is 16.7. The Morgan fingerprint density at radius 2 is 1.65 bits per heavy atom. The van der Waals surface area contributed by atoms with Crippen molar-refractivity contribution < 1.29 is 0 Å². The van der Waals surface area contributed by atoms with Crippen LogP contribution < -0.4 is 10.9 Å². The quantitative estimate of drug-likeness (QED) is 0.801. The van der Waals surface area contributed by atoms with Crippen LogP contribution in [0.4, 0.5) is 5.13 Å². The van der Waals surface area contributed by atoms with Gasteiger partial charge in [-0.15, -0.1) is 5.10 Å². The van der Waals surface area contributed by atoms with Gasteiger partial charge in [0.15, 0.2) is 0 Å². The largest absolute Gasteiger partial charge is 0.356 e. The molecule has 0 saturated heterocycles. The summed E-state index contributed by atoms with van der Waals surface area (Å²) < 4.78 is 1.33. The Kier molecular flexibility index (Phi) is 3.93. The Labute approximate surface area is 139 Å². The van der Waals surface area contributed by atoms with Crippen LogP contribution in [0.15, 0.2) is 17.1 Å². The first-order chi connectivity index (χ1) is 10.9. The smallest absolute Gasteiger partial charge is 0.275 e. The van der Waals surface area contributed by atoms with Gasteiger partial charge in [-0.3, -0.25) is 4.79 Å². The van der Waals surface area contributed by atoms with Crippen molar-refractivity contribution in [1.82, 2.24) is 14.6 Å². The minimum Gasteiger partial charge on any atom is -0.356 e. The fourth-order valence-electron chi connectivity index (χ4n) is 2.82. The topological polar surface area (TPSA) is 59.3 Å². The molecule has 120 valence electrons. The average molecular weight is 328 g/mol. The number of anilines is 1. The zero-order valence-corrected chi connectivity index (χ0v) is 14.8. The van der Waals surface area contributed by atoms with Crippen molar-refractivity contribution in [3.63, 3.8) is 0 Å². The first-order valence-electron chi connectivity index (χ1n) is 7.54. The average Bonchev–Trinajstić information content (AvgIpc) is 2.95. The number of hydrogen-bond donors (Lipinski definition) is 1. The number of fused-ring (bicyclic) bond motifs is 1. The summed E-state index contributed by atoms with van der Waals surface area (Å²) in [5.41, 5.74) is 7.81. The lowest BCUT2D eigenvalue weighted by Crippen LogP contribution is -2.13. The van der Waals surface area contributed by atoms with Crippen LogP contribution in [0.25, 0.3) is 4.96 Å². The van der Waals surface area contributed by atoms with Gasteiger partial charge < -0.3 is 5.32 Å². The van der Waals surface area contributed by atoms with Crippen LogP contribution in [0.3, 0.4) is 0 Å². The van der Waals surface area contributed by atoms with Crippen LogP contribution in [0.5, 0.6) is 0 Å². The molecule has 0 bridgehead atoms. The lowest BCUT2D eigenvalue weighted by atomic mass is 9.89. The third kappa shape index (κ3) is 2.63. The Hall–Kier alpha value is -2.21. The first-order valence-corrected chi connectivity index (χ1v) is 8.36. The monoisotopic (exact) mass is 328 g/mol. The maximum absolute atomic E-state index is 11.7. The zero-order valence-electron chi connectivity index (χ0n) is 14.0. The molecule has 2 heterocycles. The minimum absolute atomic E-state index is 0.159. The molecule has 0 unspecified atom stereocenters. The Morgan fingerprint density at radius 1 is 1.04 bits per heavy atom. The summed E-state index contributed by atoms with van der Waals surface area (Å²) in [6, 6.07) is 1.41. The van der Waals surface area contributed by atoms with Crippen LogP contribution in [0.2, 0.25) is 0 Å². The number of aromatic nitrogens is 3. The van der Waals surface area contributed by atoms with Crippen LogP contribution in [0.1, 0.15) is 33.4 Å². The number of rotatable bonds is 3. The van der Waals surface area contributed by atoms with E-state index >= 15 is 0 Å². The van der Waals surface area contributed by atoms with Crippen molar-refractivity contribution in [2.24, 2.45) is 0 Å². The Morgan fingerprint density at radius 3 is 2.26 bits per heavy atom. The van der Waals surface area contributed by atoms with E-state index in [-0.39, 0.29) is 5.56 Å². The molecule has 0 aliphatic carbocycles. The molecular weight excluding hydrogens is 308 g/mol. The highest BCUT2D eigenvalue weighted by molar-refractivity contribution is 7.20. The molecule has 0 fully saturated rings. The molecule has 6 heteroatoms. The fraction of sp³-hybridized carbons (Fsp3) is 0.353. The van der Waals surface area contributed by atoms with Gasteiger partial charge in [0.1, 0.15) is 0 Å². The predicted octanol–water partition coefficient (Wildman–Crippen LogP) is 3.31. The predicted molar refractivity (Wildman–Crippen MR) is 94.6 cm³/mol. The lowest BCUT2D eigenvalue weighted by molar-refractivity contribution is 0.893. The molecule has 23 heavy (non-hydrogen) atoms. The highest BCUT2D eigenvalue weighted by atomic mass is 32.1. The number of nitrogens with zero attached hydrogens (tertiary/aromatic N) is 3. The van der Waals surface area contributed by atoms with E-state index in [1.54, 1.807) is 0 Å². The highest BCUT2D eigenvalue weighted by Gasteiger charge is 2.13. The molecule has 0 atom stereocenters. The summed E-state index contributed by atoms with van der Waals surface area (Å²) >= 11 is 1.38. The van der Waals surface area contributed by atoms with E-state index < -0.39 is 0 Å². The molecule has 0 amide bonds. The van der Waals surface area contributed by atoms with E-state index in [2.05, 4.69) is 50.0 Å². The highest BCUT2D eigenvalue weighted by Crippen LogP contribution is 2.27. The van der Waals surface area contributed by atoms with Gasteiger partial charge in [-0.1, -0.05) is 11.3 Å². The Bertz CT molecular complexity index is 926. The normalized spacial score (nSPS) is 11.2. The number of nitrogens with one attached hydrogen (secondary N) is 1. The molecule has 1 aromatic carbocycles. The van der Waals surface area contributed by atoms with Crippen molar-refractivity contribution in [3.8, 4) is 0 Å². The Balaban J connectivity index is 1.94. The van der Waals surface area contributed by atoms with Gasteiger partial charge in [0.2, 0.25) is 10.1 Å². The SMILES string of the molecule is Cc1c(C)c(C)c(CNc2nn3c(=O)ccnc3s2)c(C)c1C. The van der Waals surface area contributed by atoms with Gasteiger partial charge in [0, 0.05) is 18.8 Å². The van der Waals surface area contributed by atoms with E-state index in [4.69, 9.17) is 0 Å². The number of benzene rings is 1. The molecule has 0 aliphatic rings. The van der Waals surface area contributed by atoms with Crippen LogP contribution in [-0.4, -0.2) is 14.6 Å².